The number of hydrogen-bond donors (Lipinski definition) is 0. The molecular formula is C21H38O4. The summed E-state index contributed by atoms with van der Waals surface area (Å²) in [6.45, 7) is 1.98. The molecule has 0 aliphatic heterocycles. The number of carbonyl (C=O) groups is 2. The molecular weight excluding hydrogens is 316 g/mol. The van der Waals surface area contributed by atoms with Gasteiger partial charge in [-0.2, -0.15) is 0 Å². The van der Waals surface area contributed by atoms with Crippen LogP contribution in [0, 0.1) is 0 Å². The van der Waals surface area contributed by atoms with Crippen LogP contribution in [-0.2, 0) is 19.1 Å². The van der Waals surface area contributed by atoms with Gasteiger partial charge in [0.05, 0.1) is 7.11 Å². The zero-order valence-corrected chi connectivity index (χ0v) is 16.4. The smallest absolute Gasteiger partial charge is 0.344 e. The van der Waals surface area contributed by atoms with Crippen molar-refractivity contribution in [3.8, 4) is 0 Å². The molecule has 4 heteroatoms. The minimum atomic E-state index is -0.516. The molecule has 0 saturated carbocycles. The Morgan fingerprint density at radius 3 is 1.80 bits per heavy atom. The minimum Gasteiger partial charge on any atom is -0.466 e. The Hall–Kier alpha value is -1.32. The second-order valence-corrected chi connectivity index (χ2v) is 6.57. The van der Waals surface area contributed by atoms with Gasteiger partial charge in [0.1, 0.15) is 0 Å². The summed E-state index contributed by atoms with van der Waals surface area (Å²) >= 11 is 0. The number of unbranched alkanes of at least 4 members (excludes halogenated alkanes) is 11. The molecule has 0 bridgehead atoms. The van der Waals surface area contributed by atoms with Crippen LogP contribution < -0.4 is 0 Å². The van der Waals surface area contributed by atoms with Crippen molar-refractivity contribution in [1.29, 1.82) is 0 Å². The molecule has 0 atom stereocenters. The predicted molar refractivity (Wildman–Crippen MR) is 102 cm³/mol. The first kappa shape index (κ1) is 23.7. The minimum absolute atomic E-state index is 0.277. The van der Waals surface area contributed by atoms with Gasteiger partial charge in [0, 0.05) is 6.42 Å². The van der Waals surface area contributed by atoms with Crippen molar-refractivity contribution in [1.82, 2.24) is 0 Å². The zero-order valence-electron chi connectivity index (χ0n) is 16.4. The number of allylic oxidation sites excluding steroid dienone is 2. The predicted octanol–water partition coefficient (Wildman–Crippen LogP) is 5.74. The van der Waals surface area contributed by atoms with E-state index in [1.165, 1.54) is 64.9 Å². The maximum absolute atomic E-state index is 11.4. The normalized spacial score (nSPS) is 11.0. The van der Waals surface area contributed by atoms with E-state index in [2.05, 4.69) is 23.8 Å². The van der Waals surface area contributed by atoms with Gasteiger partial charge in [-0.05, 0) is 32.1 Å². The van der Waals surface area contributed by atoms with E-state index in [9.17, 15) is 9.59 Å². The molecule has 0 N–H and O–H groups in total. The number of ether oxygens (including phenoxy) is 2. The molecule has 0 aliphatic carbocycles. The molecule has 4 nitrogen and oxygen atoms in total. The van der Waals surface area contributed by atoms with Crippen molar-refractivity contribution in [2.24, 2.45) is 0 Å². The molecule has 0 aliphatic rings. The van der Waals surface area contributed by atoms with Crippen LogP contribution in [0.1, 0.15) is 96.8 Å². The molecule has 0 spiro atoms. The lowest BCUT2D eigenvalue weighted by atomic mass is 10.1. The molecule has 0 aromatic rings. The lowest BCUT2D eigenvalue weighted by Crippen LogP contribution is -2.14. The number of esters is 2. The lowest BCUT2D eigenvalue weighted by Gasteiger charge is -2.03. The second kappa shape index (κ2) is 19.0. The van der Waals surface area contributed by atoms with Gasteiger partial charge in [-0.1, -0.05) is 70.4 Å². The van der Waals surface area contributed by atoms with Crippen molar-refractivity contribution < 1.29 is 19.1 Å². The Labute approximate surface area is 154 Å². The van der Waals surface area contributed by atoms with Crippen LogP contribution >= 0.6 is 0 Å². The molecule has 25 heavy (non-hydrogen) atoms. The van der Waals surface area contributed by atoms with Gasteiger partial charge in [0.2, 0.25) is 0 Å². The van der Waals surface area contributed by atoms with Crippen molar-refractivity contribution in [2.75, 3.05) is 13.7 Å². The highest BCUT2D eigenvalue weighted by Crippen LogP contribution is 2.10. The van der Waals surface area contributed by atoms with Gasteiger partial charge in [-0.15, -0.1) is 0 Å². The molecule has 146 valence electrons. The van der Waals surface area contributed by atoms with E-state index in [0.717, 1.165) is 25.7 Å². The number of hydrogen-bond acceptors (Lipinski definition) is 4. The number of carbonyl (C=O) groups excluding carboxylic acids is 2. The van der Waals surface area contributed by atoms with Crippen LogP contribution in [0.2, 0.25) is 0 Å². The monoisotopic (exact) mass is 354 g/mol. The molecule has 0 aromatic heterocycles. The number of rotatable bonds is 17. The first-order valence-corrected chi connectivity index (χ1v) is 10.1. The summed E-state index contributed by atoms with van der Waals surface area (Å²) in [5.74, 6) is -0.832. The van der Waals surface area contributed by atoms with Crippen LogP contribution in [0.3, 0.4) is 0 Å². The fraction of sp³-hybridized carbons (Fsp3) is 0.810. The van der Waals surface area contributed by atoms with E-state index in [4.69, 9.17) is 4.74 Å². The fourth-order valence-electron chi connectivity index (χ4n) is 2.61. The highest BCUT2D eigenvalue weighted by molar-refractivity contribution is 5.76. The largest absolute Gasteiger partial charge is 0.466 e. The highest BCUT2D eigenvalue weighted by atomic mass is 16.6. The van der Waals surface area contributed by atoms with Crippen molar-refractivity contribution in [3.63, 3.8) is 0 Å². The fourth-order valence-corrected chi connectivity index (χ4v) is 2.61. The van der Waals surface area contributed by atoms with E-state index in [1.807, 2.05) is 0 Å². The molecule has 0 radical (unpaired) electrons. The van der Waals surface area contributed by atoms with E-state index in [1.54, 1.807) is 0 Å². The summed E-state index contributed by atoms with van der Waals surface area (Å²) in [5, 5.41) is 0. The van der Waals surface area contributed by atoms with Gasteiger partial charge in [0.25, 0.3) is 0 Å². The maximum Gasteiger partial charge on any atom is 0.344 e. The molecule has 0 heterocycles. The molecule has 0 rings (SSSR count). The van der Waals surface area contributed by atoms with Gasteiger partial charge < -0.3 is 9.47 Å². The first-order chi connectivity index (χ1) is 12.2. The molecule has 0 fully saturated rings. The Balaban J connectivity index is 3.24. The summed E-state index contributed by atoms with van der Waals surface area (Å²) in [7, 11) is 1.28. The third-order valence-corrected chi connectivity index (χ3v) is 4.22. The van der Waals surface area contributed by atoms with Crippen LogP contribution in [0.4, 0.5) is 0 Å². The SMILES string of the molecule is CCCCCCCC/C=C\CCCCCCCC(=O)OCC(=O)OC. The van der Waals surface area contributed by atoms with Crippen LogP contribution in [0.25, 0.3) is 0 Å². The molecule has 0 amide bonds. The van der Waals surface area contributed by atoms with Crippen molar-refractivity contribution in [3.05, 3.63) is 12.2 Å². The van der Waals surface area contributed by atoms with Gasteiger partial charge in [-0.3, -0.25) is 4.79 Å². The third-order valence-electron chi connectivity index (χ3n) is 4.22. The highest BCUT2D eigenvalue weighted by Gasteiger charge is 2.06. The topological polar surface area (TPSA) is 52.6 Å². The average Bonchev–Trinajstić information content (AvgIpc) is 2.62. The molecule has 0 aromatic carbocycles. The molecule has 0 unspecified atom stereocenters. The van der Waals surface area contributed by atoms with E-state index >= 15 is 0 Å². The Kier molecular flexibility index (Phi) is 18.0. The lowest BCUT2D eigenvalue weighted by molar-refractivity contribution is -0.157. The van der Waals surface area contributed by atoms with E-state index in [-0.39, 0.29) is 12.6 Å². The Morgan fingerprint density at radius 1 is 0.720 bits per heavy atom. The summed E-state index contributed by atoms with van der Waals surface area (Å²) in [5.41, 5.74) is 0. The first-order valence-electron chi connectivity index (χ1n) is 10.1. The van der Waals surface area contributed by atoms with E-state index in [0.29, 0.717) is 6.42 Å². The Morgan fingerprint density at radius 2 is 1.24 bits per heavy atom. The quantitative estimate of drug-likeness (QED) is 0.190. The second-order valence-electron chi connectivity index (χ2n) is 6.57. The standard InChI is InChI=1S/C21H38O4/c1-3-4-5-6-7-8-9-10-11-12-13-14-15-16-17-18-20(22)25-19-21(23)24-2/h10-11H,3-9,12-19H2,1-2H3/b11-10-. The van der Waals surface area contributed by atoms with Crippen molar-refractivity contribution in [2.45, 2.75) is 96.8 Å². The summed E-state index contributed by atoms with van der Waals surface area (Å²) in [6.07, 6.45) is 21.0. The van der Waals surface area contributed by atoms with E-state index < -0.39 is 5.97 Å². The van der Waals surface area contributed by atoms with Crippen LogP contribution in [0.15, 0.2) is 12.2 Å². The summed E-state index contributed by atoms with van der Waals surface area (Å²) in [4.78, 5) is 22.2. The molecule has 0 saturated heterocycles. The maximum atomic E-state index is 11.4. The van der Waals surface area contributed by atoms with Crippen LogP contribution in [0.5, 0.6) is 0 Å². The van der Waals surface area contributed by atoms with Crippen LogP contribution in [-0.4, -0.2) is 25.7 Å². The van der Waals surface area contributed by atoms with Crippen molar-refractivity contribution >= 4 is 11.9 Å². The summed E-state index contributed by atoms with van der Waals surface area (Å²) in [6, 6.07) is 0. The Bertz CT molecular complexity index is 350. The van der Waals surface area contributed by atoms with Gasteiger partial charge in [0.15, 0.2) is 6.61 Å². The summed E-state index contributed by atoms with van der Waals surface area (Å²) < 4.78 is 9.20. The van der Waals surface area contributed by atoms with Gasteiger partial charge >= 0.3 is 11.9 Å². The zero-order chi connectivity index (χ0) is 18.6. The number of methoxy groups -OCH3 is 1. The van der Waals surface area contributed by atoms with Gasteiger partial charge in [-0.25, -0.2) is 4.79 Å². The average molecular weight is 355 g/mol. The third kappa shape index (κ3) is 18.9.